The van der Waals surface area contributed by atoms with Crippen LogP contribution in [0, 0.1) is 0 Å². The quantitative estimate of drug-likeness (QED) is 0.565. The van der Waals surface area contributed by atoms with Crippen LogP contribution in [0.3, 0.4) is 0 Å². The summed E-state index contributed by atoms with van der Waals surface area (Å²) in [4.78, 5) is 24.8. The average molecular weight is 382 g/mol. The molecule has 144 valence electrons. The molecule has 8 heteroatoms. The molecule has 5 nitrogen and oxygen atoms in total. The highest BCUT2D eigenvalue weighted by Crippen LogP contribution is 2.43. The van der Waals surface area contributed by atoms with Gasteiger partial charge >= 0.3 is 18.1 Å². The molecule has 0 N–H and O–H groups in total. The third-order valence-corrected chi connectivity index (χ3v) is 3.92. The van der Waals surface area contributed by atoms with Gasteiger partial charge < -0.3 is 14.2 Å². The number of alkyl halides is 3. The van der Waals surface area contributed by atoms with E-state index in [1.54, 1.807) is 18.2 Å². The summed E-state index contributed by atoms with van der Waals surface area (Å²) in [6.45, 7) is 0. The van der Waals surface area contributed by atoms with E-state index >= 15 is 0 Å². The lowest BCUT2D eigenvalue weighted by Crippen LogP contribution is -2.52. The predicted molar refractivity (Wildman–Crippen MR) is 88.5 cm³/mol. The lowest BCUT2D eigenvalue weighted by atomic mass is 9.92. The van der Waals surface area contributed by atoms with Gasteiger partial charge in [0, 0.05) is 19.8 Å². The van der Waals surface area contributed by atoms with Crippen LogP contribution in [-0.4, -0.2) is 32.3 Å². The van der Waals surface area contributed by atoms with Crippen molar-refractivity contribution in [3.8, 4) is 0 Å². The minimum atomic E-state index is -5.17. The topological polar surface area (TPSA) is 61.8 Å². The molecule has 0 heterocycles. The second kappa shape index (κ2) is 8.32. The van der Waals surface area contributed by atoms with Crippen LogP contribution in [-0.2, 0) is 29.4 Å². The first kappa shape index (κ1) is 20.6. The van der Waals surface area contributed by atoms with Gasteiger partial charge in [-0.15, -0.1) is 0 Å². The molecule has 0 radical (unpaired) electrons. The van der Waals surface area contributed by atoms with Crippen molar-refractivity contribution in [2.24, 2.45) is 0 Å². The minimum absolute atomic E-state index is 0.326. The average Bonchev–Trinajstić information content (AvgIpc) is 2.64. The normalized spacial score (nSPS) is 14.9. The van der Waals surface area contributed by atoms with Gasteiger partial charge in [-0.05, 0) is 5.56 Å². The molecule has 0 spiro atoms. The standard InChI is InChI=1S/C19H17F3O5/c1-25-15(13-9-5-3-6-10-13)16(23)27-17(24)18(26-2,19(20,21)22)14-11-7-4-8-12-14/h3-12,15H,1-2H3. The molecule has 2 rings (SSSR count). The Hall–Kier alpha value is -2.71. The molecule has 2 aromatic rings. The summed E-state index contributed by atoms with van der Waals surface area (Å²) in [5, 5.41) is 0. The maximum atomic E-state index is 13.8. The smallest absolute Gasteiger partial charge is 0.388 e. The highest BCUT2D eigenvalue weighted by atomic mass is 19.4. The fourth-order valence-electron chi connectivity index (χ4n) is 2.60. The summed E-state index contributed by atoms with van der Waals surface area (Å²) in [6, 6.07) is 14.2. The van der Waals surface area contributed by atoms with Gasteiger partial charge in [-0.25, -0.2) is 9.59 Å². The van der Waals surface area contributed by atoms with Crippen LogP contribution in [0.5, 0.6) is 0 Å². The van der Waals surface area contributed by atoms with Gasteiger partial charge in [0.15, 0.2) is 6.10 Å². The predicted octanol–water partition coefficient (Wildman–Crippen LogP) is 3.55. The molecular formula is C19H17F3O5. The number of hydrogen-bond donors (Lipinski definition) is 0. The largest absolute Gasteiger partial charge is 0.432 e. The Morgan fingerprint density at radius 2 is 1.41 bits per heavy atom. The molecule has 0 aromatic heterocycles. The second-order valence-corrected chi connectivity index (χ2v) is 5.48. The van der Waals surface area contributed by atoms with E-state index in [9.17, 15) is 22.8 Å². The van der Waals surface area contributed by atoms with Gasteiger partial charge in [-0.1, -0.05) is 60.7 Å². The van der Waals surface area contributed by atoms with Crippen molar-refractivity contribution >= 4 is 11.9 Å². The SMILES string of the molecule is COC(C(=O)OC(=O)C(OC)(c1ccccc1)C(F)(F)F)c1ccccc1. The Bertz CT molecular complexity index is 777. The van der Waals surface area contributed by atoms with Gasteiger partial charge in [0.05, 0.1) is 0 Å². The van der Waals surface area contributed by atoms with E-state index < -0.39 is 35.4 Å². The number of benzene rings is 2. The molecule has 0 bridgehead atoms. The van der Waals surface area contributed by atoms with Crippen molar-refractivity contribution in [1.29, 1.82) is 0 Å². The fraction of sp³-hybridized carbons (Fsp3) is 0.263. The molecule has 2 atom stereocenters. The summed E-state index contributed by atoms with van der Waals surface area (Å²) >= 11 is 0. The maximum Gasteiger partial charge on any atom is 0.432 e. The van der Waals surface area contributed by atoms with E-state index in [0.717, 1.165) is 19.2 Å². The number of esters is 2. The lowest BCUT2D eigenvalue weighted by molar-refractivity contribution is -0.275. The number of carbonyl (C=O) groups excluding carboxylic acids is 2. The summed E-state index contributed by atoms with van der Waals surface area (Å²) in [7, 11) is 1.89. The Kier molecular flexibility index (Phi) is 6.35. The Balaban J connectivity index is 2.38. The van der Waals surface area contributed by atoms with Crippen LogP contribution in [0.25, 0.3) is 0 Å². The summed E-state index contributed by atoms with van der Waals surface area (Å²) in [5.41, 5.74) is -3.63. The number of ether oxygens (including phenoxy) is 3. The zero-order chi connectivity index (χ0) is 20.1. The zero-order valence-corrected chi connectivity index (χ0v) is 14.5. The van der Waals surface area contributed by atoms with E-state index in [1.807, 2.05) is 0 Å². The van der Waals surface area contributed by atoms with E-state index in [2.05, 4.69) is 9.47 Å². The molecule has 2 aromatic carbocycles. The Morgan fingerprint density at radius 3 is 1.85 bits per heavy atom. The first-order valence-corrected chi connectivity index (χ1v) is 7.79. The van der Waals surface area contributed by atoms with Crippen molar-refractivity contribution in [2.45, 2.75) is 17.9 Å². The van der Waals surface area contributed by atoms with E-state index in [1.165, 1.54) is 37.4 Å². The van der Waals surface area contributed by atoms with Crippen molar-refractivity contribution in [1.82, 2.24) is 0 Å². The molecule has 2 unspecified atom stereocenters. The highest BCUT2D eigenvalue weighted by molar-refractivity contribution is 5.93. The zero-order valence-electron chi connectivity index (χ0n) is 14.5. The van der Waals surface area contributed by atoms with E-state index in [-0.39, 0.29) is 0 Å². The highest BCUT2D eigenvalue weighted by Gasteiger charge is 2.64. The molecule has 27 heavy (non-hydrogen) atoms. The summed E-state index contributed by atoms with van der Waals surface area (Å²) < 4.78 is 55.5. The van der Waals surface area contributed by atoms with Gasteiger partial charge in [-0.3, -0.25) is 0 Å². The van der Waals surface area contributed by atoms with Crippen LogP contribution in [0.1, 0.15) is 17.2 Å². The fourth-order valence-corrected chi connectivity index (χ4v) is 2.60. The van der Waals surface area contributed by atoms with Crippen molar-refractivity contribution in [3.05, 3.63) is 71.8 Å². The minimum Gasteiger partial charge on any atom is -0.388 e. The maximum absolute atomic E-state index is 13.8. The molecule has 0 aliphatic heterocycles. The van der Waals surface area contributed by atoms with Gasteiger partial charge in [0.2, 0.25) is 0 Å². The van der Waals surface area contributed by atoms with E-state index in [4.69, 9.17) is 4.74 Å². The number of halogens is 3. The van der Waals surface area contributed by atoms with Crippen LogP contribution in [0.4, 0.5) is 13.2 Å². The lowest BCUT2D eigenvalue weighted by Gasteiger charge is -2.32. The van der Waals surface area contributed by atoms with Crippen LogP contribution >= 0.6 is 0 Å². The molecule has 0 aliphatic carbocycles. The van der Waals surface area contributed by atoms with Crippen molar-refractivity contribution in [2.75, 3.05) is 14.2 Å². The molecule has 0 saturated carbocycles. The van der Waals surface area contributed by atoms with Crippen molar-refractivity contribution < 1.29 is 37.0 Å². The van der Waals surface area contributed by atoms with Crippen LogP contribution in [0.2, 0.25) is 0 Å². The summed E-state index contributed by atoms with van der Waals surface area (Å²) in [6.07, 6.45) is -6.54. The Morgan fingerprint density at radius 1 is 0.889 bits per heavy atom. The Labute approximate surface area is 153 Å². The number of hydrogen-bond acceptors (Lipinski definition) is 5. The number of carbonyl (C=O) groups is 2. The molecule has 0 amide bonds. The van der Waals surface area contributed by atoms with Crippen LogP contribution in [0.15, 0.2) is 60.7 Å². The first-order valence-electron chi connectivity index (χ1n) is 7.79. The van der Waals surface area contributed by atoms with Crippen LogP contribution < -0.4 is 0 Å². The van der Waals surface area contributed by atoms with Gasteiger partial charge in [-0.2, -0.15) is 13.2 Å². The molecule has 0 aliphatic rings. The third kappa shape index (κ3) is 4.01. The van der Waals surface area contributed by atoms with Gasteiger partial charge in [0.1, 0.15) is 0 Å². The monoisotopic (exact) mass is 382 g/mol. The number of rotatable bonds is 6. The molecular weight excluding hydrogens is 365 g/mol. The summed E-state index contributed by atoms with van der Waals surface area (Å²) in [5.74, 6) is -3.18. The van der Waals surface area contributed by atoms with E-state index in [0.29, 0.717) is 5.56 Å². The molecule has 0 saturated heterocycles. The number of methoxy groups -OCH3 is 2. The third-order valence-electron chi connectivity index (χ3n) is 3.92. The molecule has 0 fully saturated rings. The second-order valence-electron chi connectivity index (χ2n) is 5.48. The van der Waals surface area contributed by atoms with Crippen molar-refractivity contribution in [3.63, 3.8) is 0 Å². The first-order chi connectivity index (χ1) is 12.8. The van der Waals surface area contributed by atoms with Gasteiger partial charge in [0.25, 0.3) is 5.60 Å².